The van der Waals surface area contributed by atoms with E-state index < -0.39 is 0 Å². The zero-order chi connectivity index (χ0) is 8.41. The van der Waals surface area contributed by atoms with E-state index in [4.69, 9.17) is 10.8 Å². The molecule has 0 amide bonds. The van der Waals surface area contributed by atoms with Crippen LogP contribution in [0.4, 0.5) is 0 Å². The fourth-order valence-electron chi connectivity index (χ4n) is 0.235. The minimum absolute atomic E-state index is 0.0972. The maximum Gasteiger partial charge on any atom is 0.152 e. The number of hydrogen-bond acceptors (Lipinski definition) is 3. The van der Waals surface area contributed by atoms with Crippen LogP contribution in [0, 0.1) is 0 Å². The summed E-state index contributed by atoms with van der Waals surface area (Å²) < 4.78 is 0. The number of ketones is 1. The highest BCUT2D eigenvalue weighted by Crippen LogP contribution is 1.69. The zero-order valence-electron chi connectivity index (χ0n) is 6.50. The van der Waals surface area contributed by atoms with Gasteiger partial charge in [-0.25, -0.2) is 0 Å². The summed E-state index contributed by atoms with van der Waals surface area (Å²) in [6.07, 6.45) is 3.25. The van der Waals surface area contributed by atoms with Crippen molar-refractivity contribution in [3.63, 3.8) is 0 Å². The van der Waals surface area contributed by atoms with Crippen LogP contribution >= 0.6 is 0 Å². The second-order valence-electron chi connectivity index (χ2n) is 1.62. The maximum atomic E-state index is 9.96. The number of aliphatic hydroxyl groups is 1. The minimum atomic E-state index is 0.0972. The van der Waals surface area contributed by atoms with Gasteiger partial charge in [-0.1, -0.05) is 6.08 Å². The summed E-state index contributed by atoms with van der Waals surface area (Å²) in [6.45, 7) is 3.82. The zero-order valence-corrected chi connectivity index (χ0v) is 6.50. The number of aliphatic hydroxyl groups excluding tert-OH is 1. The lowest BCUT2D eigenvalue weighted by Crippen LogP contribution is -2.02. The molecule has 0 rings (SSSR count). The quantitative estimate of drug-likeness (QED) is 0.541. The average Bonchev–Trinajstić information content (AvgIpc) is 1.89. The van der Waals surface area contributed by atoms with E-state index in [1.165, 1.54) is 13.0 Å². The Kier molecular flexibility index (Phi) is 13.5. The fraction of sp³-hybridized carbons (Fsp3) is 0.571. The van der Waals surface area contributed by atoms with Gasteiger partial charge in [-0.2, -0.15) is 0 Å². The molecule has 0 atom stereocenters. The molecular weight excluding hydrogens is 130 g/mol. The van der Waals surface area contributed by atoms with Crippen LogP contribution in [0.15, 0.2) is 12.2 Å². The van der Waals surface area contributed by atoms with Crippen molar-refractivity contribution in [2.24, 2.45) is 5.73 Å². The summed E-state index contributed by atoms with van der Waals surface area (Å²) in [6, 6.07) is 0. The molecule has 0 radical (unpaired) electrons. The molecule has 3 nitrogen and oxygen atoms in total. The van der Waals surface area contributed by atoms with E-state index in [-0.39, 0.29) is 12.4 Å². The van der Waals surface area contributed by atoms with Gasteiger partial charge in [0.05, 0.1) is 6.61 Å². The first kappa shape index (κ1) is 12.0. The number of allylic oxidation sites excluding steroid dienone is 2. The summed E-state index contributed by atoms with van der Waals surface area (Å²) in [5.41, 5.74) is 4.78. The molecule has 0 fully saturated rings. The highest BCUT2D eigenvalue weighted by molar-refractivity contribution is 5.87. The Balaban J connectivity index is 0. The van der Waals surface area contributed by atoms with Crippen molar-refractivity contribution in [3.05, 3.63) is 12.2 Å². The lowest BCUT2D eigenvalue weighted by molar-refractivity contribution is -0.112. The highest BCUT2D eigenvalue weighted by atomic mass is 16.3. The van der Waals surface area contributed by atoms with Crippen LogP contribution in [-0.4, -0.2) is 24.0 Å². The Morgan fingerprint density at radius 3 is 2.10 bits per heavy atom. The van der Waals surface area contributed by atoms with Crippen molar-refractivity contribution in [1.29, 1.82) is 0 Å². The summed E-state index contributed by atoms with van der Waals surface area (Å²) in [4.78, 5) is 9.96. The third-order valence-corrected chi connectivity index (χ3v) is 0.530. The summed E-state index contributed by atoms with van der Waals surface area (Å²) >= 11 is 0. The van der Waals surface area contributed by atoms with Gasteiger partial charge in [-0.15, -0.1) is 0 Å². The van der Waals surface area contributed by atoms with Crippen molar-refractivity contribution in [3.8, 4) is 0 Å². The van der Waals surface area contributed by atoms with E-state index in [2.05, 4.69) is 0 Å². The first-order valence-corrected chi connectivity index (χ1v) is 3.13. The van der Waals surface area contributed by atoms with Crippen molar-refractivity contribution >= 4 is 5.78 Å². The monoisotopic (exact) mass is 145 g/mol. The molecule has 0 aliphatic rings. The smallest absolute Gasteiger partial charge is 0.152 e. The van der Waals surface area contributed by atoms with Gasteiger partial charge in [0.1, 0.15) is 0 Å². The van der Waals surface area contributed by atoms with E-state index in [0.29, 0.717) is 6.54 Å². The normalized spacial score (nSPS) is 8.80. The molecule has 0 saturated heterocycles. The summed E-state index contributed by atoms with van der Waals surface area (Å²) in [7, 11) is 0. The van der Waals surface area contributed by atoms with Crippen LogP contribution in [0.25, 0.3) is 0 Å². The SMILES string of the molecule is C/C=C/C(C)=O.NCCO. The number of rotatable bonds is 2. The molecule has 0 heterocycles. The predicted octanol–water partition coefficient (Wildman–Crippen LogP) is 0.0889. The molecule has 0 unspecified atom stereocenters. The second-order valence-corrected chi connectivity index (χ2v) is 1.62. The largest absolute Gasteiger partial charge is 0.395 e. The minimum Gasteiger partial charge on any atom is -0.395 e. The number of carbonyl (C=O) groups is 1. The Morgan fingerprint density at radius 1 is 1.70 bits per heavy atom. The second kappa shape index (κ2) is 11.2. The van der Waals surface area contributed by atoms with Gasteiger partial charge in [0.25, 0.3) is 0 Å². The predicted molar refractivity (Wildman–Crippen MR) is 41.6 cm³/mol. The van der Waals surface area contributed by atoms with Crippen LogP contribution in [0.5, 0.6) is 0 Å². The summed E-state index contributed by atoms with van der Waals surface area (Å²) in [5, 5.41) is 7.75. The van der Waals surface area contributed by atoms with Crippen LogP contribution in [-0.2, 0) is 4.79 Å². The van der Waals surface area contributed by atoms with Crippen LogP contribution in [0.3, 0.4) is 0 Å². The summed E-state index contributed by atoms with van der Waals surface area (Å²) in [5.74, 6) is 0.109. The van der Waals surface area contributed by atoms with E-state index in [0.717, 1.165) is 0 Å². The maximum absolute atomic E-state index is 9.96. The van der Waals surface area contributed by atoms with Crippen LogP contribution in [0.2, 0.25) is 0 Å². The third kappa shape index (κ3) is 26.5. The van der Waals surface area contributed by atoms with Crippen molar-refractivity contribution in [2.45, 2.75) is 13.8 Å². The van der Waals surface area contributed by atoms with Gasteiger partial charge in [0.2, 0.25) is 0 Å². The molecule has 0 aliphatic carbocycles. The third-order valence-electron chi connectivity index (χ3n) is 0.530. The van der Waals surface area contributed by atoms with Gasteiger partial charge >= 0.3 is 0 Å². The lowest BCUT2D eigenvalue weighted by Gasteiger charge is -1.71. The number of carbonyl (C=O) groups excluding carboxylic acids is 1. The molecule has 0 saturated carbocycles. The van der Waals surface area contributed by atoms with E-state index in [1.54, 1.807) is 6.08 Å². The molecule has 60 valence electrons. The molecule has 0 spiro atoms. The molecule has 0 aromatic rings. The highest BCUT2D eigenvalue weighted by Gasteiger charge is 1.73. The van der Waals surface area contributed by atoms with E-state index in [9.17, 15) is 4.79 Å². The first-order chi connectivity index (χ1) is 4.68. The first-order valence-electron chi connectivity index (χ1n) is 3.13. The van der Waals surface area contributed by atoms with Crippen molar-refractivity contribution in [2.75, 3.05) is 13.2 Å². The standard InChI is InChI=1S/C5H8O.C2H7NO/c1-3-4-5(2)6;3-1-2-4/h3-4H,1-2H3;4H,1-3H2/b4-3+;. The molecule has 10 heavy (non-hydrogen) atoms. The van der Waals surface area contributed by atoms with E-state index >= 15 is 0 Å². The number of hydrogen-bond donors (Lipinski definition) is 2. The van der Waals surface area contributed by atoms with Gasteiger partial charge in [0.15, 0.2) is 5.78 Å². The lowest BCUT2D eigenvalue weighted by atomic mass is 10.4. The Bertz CT molecular complexity index is 97.8. The molecule has 3 N–H and O–H groups in total. The molecule has 0 aliphatic heterocycles. The van der Waals surface area contributed by atoms with E-state index in [1.807, 2.05) is 6.92 Å². The molecule has 0 aromatic heterocycles. The van der Waals surface area contributed by atoms with Crippen LogP contribution < -0.4 is 5.73 Å². The van der Waals surface area contributed by atoms with Gasteiger partial charge < -0.3 is 10.8 Å². The Labute approximate surface area is 61.5 Å². The Hall–Kier alpha value is -0.670. The molecule has 3 heteroatoms. The molecule has 0 bridgehead atoms. The van der Waals surface area contributed by atoms with Gasteiger partial charge in [0, 0.05) is 6.54 Å². The fourth-order valence-corrected chi connectivity index (χ4v) is 0.235. The van der Waals surface area contributed by atoms with Gasteiger partial charge in [-0.3, -0.25) is 4.79 Å². The van der Waals surface area contributed by atoms with Gasteiger partial charge in [-0.05, 0) is 19.9 Å². The van der Waals surface area contributed by atoms with Crippen molar-refractivity contribution < 1.29 is 9.90 Å². The van der Waals surface area contributed by atoms with Crippen molar-refractivity contribution in [1.82, 2.24) is 0 Å². The Morgan fingerprint density at radius 2 is 2.10 bits per heavy atom. The number of nitrogens with two attached hydrogens (primary N) is 1. The topological polar surface area (TPSA) is 63.3 Å². The average molecular weight is 145 g/mol. The van der Waals surface area contributed by atoms with Crippen LogP contribution in [0.1, 0.15) is 13.8 Å². The molecular formula is C7H15NO2. The molecule has 0 aromatic carbocycles.